The van der Waals surface area contributed by atoms with E-state index in [9.17, 15) is 0 Å². The van der Waals surface area contributed by atoms with Crippen LogP contribution in [0.25, 0.3) is 0 Å². The minimum atomic E-state index is -0.207. The van der Waals surface area contributed by atoms with Crippen LogP contribution in [0.15, 0.2) is 25.7 Å². The first kappa shape index (κ1) is 14.0. The molecule has 0 aromatic carbocycles. The van der Waals surface area contributed by atoms with Crippen molar-refractivity contribution in [3.8, 4) is 0 Å². The number of hydrogen-bond donors (Lipinski definition) is 0. The molecule has 0 fully saturated rings. The molecule has 3 heteroatoms. The van der Waals surface area contributed by atoms with E-state index in [1.807, 2.05) is 20.8 Å². The lowest BCUT2D eigenvalue weighted by atomic mass is 10.1. The zero-order chi connectivity index (χ0) is 11.7. The van der Waals surface area contributed by atoms with Gasteiger partial charge in [-0.25, -0.2) is 0 Å². The van der Waals surface area contributed by atoms with Gasteiger partial charge in [-0.05, 0) is 20.8 Å². The Kier molecular flexibility index (Phi) is 6.88. The Labute approximate surface area is 92.7 Å². The first-order chi connectivity index (χ1) is 7.02. The van der Waals surface area contributed by atoms with Gasteiger partial charge in [0.15, 0.2) is 0 Å². The summed E-state index contributed by atoms with van der Waals surface area (Å²) in [7, 11) is 0. The van der Waals surface area contributed by atoms with Gasteiger partial charge in [0.1, 0.15) is 6.10 Å². The first-order valence-electron chi connectivity index (χ1n) is 5.14. The summed E-state index contributed by atoms with van der Waals surface area (Å²) in [6.45, 7) is 14.1. The SMILES string of the molecule is C=COCCC(C)(C)OCC(C)OC=C. The monoisotopic (exact) mass is 214 g/mol. The van der Waals surface area contributed by atoms with E-state index in [2.05, 4.69) is 13.2 Å². The quantitative estimate of drug-likeness (QED) is 0.436. The normalized spacial score (nSPS) is 13.0. The smallest absolute Gasteiger partial charge is 0.118 e. The molecule has 0 N–H and O–H groups in total. The van der Waals surface area contributed by atoms with Crippen molar-refractivity contribution in [2.75, 3.05) is 13.2 Å². The molecule has 0 aliphatic heterocycles. The molecule has 0 aromatic rings. The Hall–Kier alpha value is -0.960. The Balaban J connectivity index is 3.71. The van der Waals surface area contributed by atoms with E-state index in [0.717, 1.165) is 6.42 Å². The molecule has 0 spiro atoms. The van der Waals surface area contributed by atoms with Crippen molar-refractivity contribution in [1.29, 1.82) is 0 Å². The highest BCUT2D eigenvalue weighted by Crippen LogP contribution is 2.15. The lowest BCUT2D eigenvalue weighted by Crippen LogP contribution is -2.30. The van der Waals surface area contributed by atoms with Gasteiger partial charge in [0.25, 0.3) is 0 Å². The maximum Gasteiger partial charge on any atom is 0.118 e. The minimum Gasteiger partial charge on any atom is -0.502 e. The third kappa shape index (κ3) is 8.06. The molecular formula is C12H22O3. The Morgan fingerprint density at radius 1 is 1.27 bits per heavy atom. The summed E-state index contributed by atoms with van der Waals surface area (Å²) in [5.74, 6) is 0. The van der Waals surface area contributed by atoms with Crippen LogP contribution in [-0.4, -0.2) is 24.9 Å². The summed E-state index contributed by atoms with van der Waals surface area (Å²) in [4.78, 5) is 0. The highest BCUT2D eigenvalue weighted by atomic mass is 16.5. The molecule has 0 heterocycles. The van der Waals surface area contributed by atoms with E-state index in [4.69, 9.17) is 14.2 Å². The number of rotatable bonds is 9. The second kappa shape index (κ2) is 7.35. The van der Waals surface area contributed by atoms with E-state index in [0.29, 0.717) is 13.2 Å². The van der Waals surface area contributed by atoms with Crippen molar-refractivity contribution in [2.45, 2.75) is 38.9 Å². The van der Waals surface area contributed by atoms with E-state index in [-0.39, 0.29) is 11.7 Å². The van der Waals surface area contributed by atoms with Crippen LogP contribution in [0.2, 0.25) is 0 Å². The van der Waals surface area contributed by atoms with Crippen LogP contribution >= 0.6 is 0 Å². The van der Waals surface area contributed by atoms with E-state index in [1.54, 1.807) is 0 Å². The highest BCUT2D eigenvalue weighted by Gasteiger charge is 2.19. The molecule has 0 saturated carbocycles. The molecule has 0 saturated heterocycles. The number of ether oxygens (including phenoxy) is 3. The average molecular weight is 214 g/mol. The zero-order valence-corrected chi connectivity index (χ0v) is 9.99. The predicted molar refractivity (Wildman–Crippen MR) is 61.5 cm³/mol. The van der Waals surface area contributed by atoms with Crippen molar-refractivity contribution >= 4 is 0 Å². The molecule has 88 valence electrons. The molecule has 0 amide bonds. The van der Waals surface area contributed by atoms with Gasteiger partial charge in [-0.15, -0.1) is 0 Å². The fourth-order valence-electron chi connectivity index (χ4n) is 1.01. The van der Waals surface area contributed by atoms with Crippen molar-refractivity contribution in [3.63, 3.8) is 0 Å². The van der Waals surface area contributed by atoms with Gasteiger partial charge in [-0.3, -0.25) is 0 Å². The fraction of sp³-hybridized carbons (Fsp3) is 0.667. The van der Waals surface area contributed by atoms with Crippen molar-refractivity contribution in [3.05, 3.63) is 25.7 Å². The van der Waals surface area contributed by atoms with Crippen LogP contribution in [0.5, 0.6) is 0 Å². The third-order valence-corrected chi connectivity index (χ3v) is 1.98. The molecular weight excluding hydrogens is 192 g/mol. The molecule has 0 aliphatic rings. The highest BCUT2D eigenvalue weighted by molar-refractivity contribution is 4.70. The molecule has 15 heavy (non-hydrogen) atoms. The summed E-state index contributed by atoms with van der Waals surface area (Å²) in [6, 6.07) is 0. The third-order valence-electron chi connectivity index (χ3n) is 1.98. The van der Waals surface area contributed by atoms with E-state index < -0.39 is 0 Å². The van der Waals surface area contributed by atoms with Crippen LogP contribution in [0, 0.1) is 0 Å². The molecule has 0 bridgehead atoms. The van der Waals surface area contributed by atoms with Gasteiger partial charge in [0.2, 0.25) is 0 Å². The molecule has 3 nitrogen and oxygen atoms in total. The molecule has 1 atom stereocenters. The van der Waals surface area contributed by atoms with Crippen molar-refractivity contribution < 1.29 is 14.2 Å². The maximum atomic E-state index is 5.70. The van der Waals surface area contributed by atoms with Crippen molar-refractivity contribution in [1.82, 2.24) is 0 Å². The van der Waals surface area contributed by atoms with Crippen LogP contribution in [0.1, 0.15) is 27.2 Å². The average Bonchev–Trinajstić information content (AvgIpc) is 2.16. The summed E-state index contributed by atoms with van der Waals surface area (Å²) in [5.41, 5.74) is -0.207. The topological polar surface area (TPSA) is 27.7 Å². The molecule has 0 radical (unpaired) electrons. The Bertz CT molecular complexity index is 187. The van der Waals surface area contributed by atoms with Crippen LogP contribution in [-0.2, 0) is 14.2 Å². The summed E-state index contributed by atoms with van der Waals surface area (Å²) >= 11 is 0. The second-order valence-electron chi connectivity index (χ2n) is 3.97. The predicted octanol–water partition coefficient (Wildman–Crippen LogP) is 2.88. The van der Waals surface area contributed by atoms with E-state index >= 15 is 0 Å². The lowest BCUT2D eigenvalue weighted by Gasteiger charge is -2.26. The standard InChI is InChI=1S/C12H22O3/c1-6-13-9-8-12(4,5)15-10-11(3)14-7-2/h6-7,11H,1-2,8-10H2,3-5H3. The fourth-order valence-corrected chi connectivity index (χ4v) is 1.01. The maximum absolute atomic E-state index is 5.70. The van der Waals surface area contributed by atoms with Gasteiger partial charge in [-0.2, -0.15) is 0 Å². The molecule has 1 unspecified atom stereocenters. The van der Waals surface area contributed by atoms with Crippen molar-refractivity contribution in [2.24, 2.45) is 0 Å². The molecule has 0 aromatic heterocycles. The van der Waals surface area contributed by atoms with Gasteiger partial charge in [0, 0.05) is 6.42 Å². The van der Waals surface area contributed by atoms with Crippen LogP contribution in [0.3, 0.4) is 0 Å². The minimum absolute atomic E-state index is 0.0297. The summed E-state index contributed by atoms with van der Waals surface area (Å²) < 4.78 is 15.9. The van der Waals surface area contributed by atoms with Crippen LogP contribution in [0.4, 0.5) is 0 Å². The zero-order valence-electron chi connectivity index (χ0n) is 9.99. The van der Waals surface area contributed by atoms with Gasteiger partial charge in [-0.1, -0.05) is 13.2 Å². The van der Waals surface area contributed by atoms with Gasteiger partial charge < -0.3 is 14.2 Å². The summed E-state index contributed by atoms with van der Waals surface area (Å²) in [6.07, 6.45) is 3.73. The Morgan fingerprint density at radius 3 is 2.47 bits per heavy atom. The van der Waals surface area contributed by atoms with E-state index in [1.165, 1.54) is 12.5 Å². The van der Waals surface area contributed by atoms with Gasteiger partial charge in [0.05, 0.1) is 31.3 Å². The largest absolute Gasteiger partial charge is 0.502 e. The Morgan fingerprint density at radius 2 is 1.93 bits per heavy atom. The van der Waals surface area contributed by atoms with Gasteiger partial charge >= 0.3 is 0 Å². The second-order valence-corrected chi connectivity index (χ2v) is 3.97. The first-order valence-corrected chi connectivity index (χ1v) is 5.14. The summed E-state index contributed by atoms with van der Waals surface area (Å²) in [5, 5.41) is 0. The van der Waals surface area contributed by atoms with Crippen LogP contribution < -0.4 is 0 Å². The lowest BCUT2D eigenvalue weighted by molar-refractivity contribution is -0.0680. The molecule has 0 rings (SSSR count). The number of hydrogen-bond acceptors (Lipinski definition) is 3. The molecule has 0 aliphatic carbocycles.